The molecule has 0 saturated heterocycles. The molecule has 0 aromatic heterocycles. The van der Waals surface area contributed by atoms with Gasteiger partial charge in [0.05, 0.1) is 0 Å². The molecule has 21 heavy (non-hydrogen) atoms. The Morgan fingerprint density at radius 3 is 2.95 bits per heavy atom. The van der Waals surface area contributed by atoms with Crippen molar-refractivity contribution in [1.29, 1.82) is 0 Å². The van der Waals surface area contributed by atoms with Crippen molar-refractivity contribution < 1.29 is 0 Å². The van der Waals surface area contributed by atoms with E-state index in [0.717, 1.165) is 30.3 Å². The van der Waals surface area contributed by atoms with Crippen LogP contribution in [-0.4, -0.2) is 19.6 Å². The van der Waals surface area contributed by atoms with Crippen molar-refractivity contribution in [2.45, 2.75) is 19.8 Å². The van der Waals surface area contributed by atoms with Crippen molar-refractivity contribution in [2.75, 3.05) is 29.9 Å². The van der Waals surface area contributed by atoms with Crippen LogP contribution in [0, 0.1) is 6.92 Å². The van der Waals surface area contributed by atoms with Crippen LogP contribution >= 0.6 is 11.6 Å². The third-order valence-corrected chi connectivity index (χ3v) is 4.34. The van der Waals surface area contributed by atoms with Gasteiger partial charge in [-0.1, -0.05) is 35.9 Å². The van der Waals surface area contributed by atoms with Crippen LogP contribution in [0.25, 0.3) is 0 Å². The SMILES string of the molecule is Cc1ccc(Cl)cc1NCCN1CCCc2ccccc21. The summed E-state index contributed by atoms with van der Waals surface area (Å²) in [5.41, 5.74) is 5.24. The van der Waals surface area contributed by atoms with E-state index in [1.54, 1.807) is 0 Å². The van der Waals surface area contributed by atoms with E-state index >= 15 is 0 Å². The van der Waals surface area contributed by atoms with Gasteiger partial charge >= 0.3 is 0 Å². The molecular formula is C18H21ClN2. The van der Waals surface area contributed by atoms with Crippen molar-refractivity contribution >= 4 is 23.0 Å². The normalized spacial score (nSPS) is 13.9. The highest BCUT2D eigenvalue weighted by atomic mass is 35.5. The first-order valence-electron chi connectivity index (χ1n) is 7.57. The first-order chi connectivity index (χ1) is 10.2. The number of nitrogens with one attached hydrogen (secondary N) is 1. The molecule has 0 radical (unpaired) electrons. The molecule has 3 heteroatoms. The Morgan fingerprint density at radius 2 is 2.05 bits per heavy atom. The summed E-state index contributed by atoms with van der Waals surface area (Å²) >= 11 is 6.06. The first-order valence-corrected chi connectivity index (χ1v) is 7.95. The summed E-state index contributed by atoms with van der Waals surface area (Å²) in [5.74, 6) is 0. The molecule has 3 rings (SSSR count). The molecule has 1 aliphatic heterocycles. The van der Waals surface area contributed by atoms with Gasteiger partial charge in [0.25, 0.3) is 0 Å². The minimum absolute atomic E-state index is 0.784. The monoisotopic (exact) mass is 300 g/mol. The molecule has 1 aliphatic rings. The molecule has 0 amide bonds. The number of nitrogens with zero attached hydrogens (tertiary/aromatic N) is 1. The van der Waals surface area contributed by atoms with Crippen LogP contribution < -0.4 is 10.2 Å². The summed E-state index contributed by atoms with van der Waals surface area (Å²) in [6, 6.07) is 14.7. The summed E-state index contributed by atoms with van der Waals surface area (Å²) in [6.07, 6.45) is 2.45. The fourth-order valence-corrected chi connectivity index (χ4v) is 3.13. The van der Waals surface area contributed by atoms with E-state index < -0.39 is 0 Å². The third-order valence-electron chi connectivity index (χ3n) is 4.10. The minimum Gasteiger partial charge on any atom is -0.383 e. The first kappa shape index (κ1) is 14.3. The summed E-state index contributed by atoms with van der Waals surface area (Å²) in [5, 5.41) is 4.29. The smallest absolute Gasteiger partial charge is 0.0426 e. The third kappa shape index (κ3) is 3.33. The molecule has 2 aromatic rings. The maximum absolute atomic E-state index is 6.06. The molecule has 2 nitrogen and oxygen atoms in total. The Hall–Kier alpha value is -1.67. The second-order valence-corrected chi connectivity index (χ2v) is 6.04. The molecule has 0 spiro atoms. The van der Waals surface area contributed by atoms with Gasteiger partial charge < -0.3 is 10.2 Å². The van der Waals surface area contributed by atoms with E-state index in [1.165, 1.54) is 29.7 Å². The highest BCUT2D eigenvalue weighted by molar-refractivity contribution is 6.30. The van der Waals surface area contributed by atoms with E-state index in [-0.39, 0.29) is 0 Å². The Morgan fingerprint density at radius 1 is 1.19 bits per heavy atom. The molecule has 0 bridgehead atoms. The lowest BCUT2D eigenvalue weighted by Gasteiger charge is -2.31. The van der Waals surface area contributed by atoms with Gasteiger partial charge in [0.1, 0.15) is 0 Å². The molecule has 0 fully saturated rings. The van der Waals surface area contributed by atoms with E-state index in [4.69, 9.17) is 11.6 Å². The fraction of sp³-hybridized carbons (Fsp3) is 0.333. The molecule has 0 unspecified atom stereocenters. The van der Waals surface area contributed by atoms with Gasteiger partial charge in [0.15, 0.2) is 0 Å². The van der Waals surface area contributed by atoms with Gasteiger partial charge in [-0.25, -0.2) is 0 Å². The highest BCUT2D eigenvalue weighted by Crippen LogP contribution is 2.26. The number of anilines is 2. The lowest BCUT2D eigenvalue weighted by Crippen LogP contribution is -2.33. The predicted octanol–water partition coefficient (Wildman–Crippen LogP) is 4.51. The Labute approximate surface area is 131 Å². The molecule has 0 saturated carbocycles. The van der Waals surface area contributed by atoms with Crippen LogP contribution in [0.15, 0.2) is 42.5 Å². The van der Waals surface area contributed by atoms with Crippen molar-refractivity contribution in [3.8, 4) is 0 Å². The number of rotatable bonds is 4. The second-order valence-electron chi connectivity index (χ2n) is 5.61. The molecule has 2 aromatic carbocycles. The lowest BCUT2D eigenvalue weighted by molar-refractivity contribution is 0.698. The maximum atomic E-state index is 6.06. The van der Waals surface area contributed by atoms with Crippen molar-refractivity contribution in [3.05, 3.63) is 58.6 Å². The number of fused-ring (bicyclic) bond motifs is 1. The quantitative estimate of drug-likeness (QED) is 0.893. The van der Waals surface area contributed by atoms with E-state index in [2.05, 4.69) is 47.5 Å². The Bertz CT molecular complexity index is 624. The average Bonchev–Trinajstić information content (AvgIpc) is 2.51. The zero-order chi connectivity index (χ0) is 14.7. The van der Waals surface area contributed by atoms with E-state index in [0.29, 0.717) is 0 Å². The molecule has 0 aliphatic carbocycles. The number of benzene rings is 2. The standard InChI is InChI=1S/C18H21ClN2/c1-14-8-9-16(19)13-17(14)20-10-12-21-11-4-6-15-5-2-3-7-18(15)21/h2-3,5,7-9,13,20H,4,6,10-12H2,1H3. The van der Waals surface area contributed by atoms with Crippen LogP contribution in [0.1, 0.15) is 17.5 Å². The fourth-order valence-electron chi connectivity index (χ4n) is 2.95. The van der Waals surface area contributed by atoms with E-state index in [9.17, 15) is 0 Å². The summed E-state index contributed by atoms with van der Waals surface area (Å²) in [6.45, 7) is 5.20. The number of para-hydroxylation sites is 1. The second kappa shape index (κ2) is 6.40. The summed E-state index contributed by atoms with van der Waals surface area (Å²) < 4.78 is 0. The van der Waals surface area contributed by atoms with Gasteiger partial charge in [0, 0.05) is 36.0 Å². The minimum atomic E-state index is 0.784. The molecule has 110 valence electrons. The highest BCUT2D eigenvalue weighted by Gasteiger charge is 2.15. The van der Waals surface area contributed by atoms with Crippen molar-refractivity contribution in [1.82, 2.24) is 0 Å². The summed E-state index contributed by atoms with van der Waals surface area (Å²) in [4.78, 5) is 2.48. The molecule has 1 heterocycles. The zero-order valence-electron chi connectivity index (χ0n) is 12.4. The van der Waals surface area contributed by atoms with Crippen LogP contribution in [0.3, 0.4) is 0 Å². The van der Waals surface area contributed by atoms with E-state index in [1.807, 2.05) is 12.1 Å². The van der Waals surface area contributed by atoms with Gasteiger partial charge in [0.2, 0.25) is 0 Å². The number of hydrogen-bond acceptors (Lipinski definition) is 2. The number of halogens is 1. The van der Waals surface area contributed by atoms with Gasteiger partial charge in [-0.05, 0) is 49.1 Å². The van der Waals surface area contributed by atoms with Crippen molar-refractivity contribution in [2.24, 2.45) is 0 Å². The topological polar surface area (TPSA) is 15.3 Å². The van der Waals surface area contributed by atoms with Gasteiger partial charge in [-0.2, -0.15) is 0 Å². The number of hydrogen-bond donors (Lipinski definition) is 1. The van der Waals surface area contributed by atoms with Gasteiger partial charge in [-0.3, -0.25) is 0 Å². The van der Waals surface area contributed by atoms with Crippen LogP contribution in [0.4, 0.5) is 11.4 Å². The van der Waals surface area contributed by atoms with Crippen LogP contribution in [0.2, 0.25) is 5.02 Å². The lowest BCUT2D eigenvalue weighted by atomic mass is 10.0. The maximum Gasteiger partial charge on any atom is 0.0426 e. The Balaban J connectivity index is 1.63. The molecule has 1 N–H and O–H groups in total. The van der Waals surface area contributed by atoms with Crippen LogP contribution in [0.5, 0.6) is 0 Å². The average molecular weight is 301 g/mol. The van der Waals surface area contributed by atoms with Gasteiger partial charge in [-0.15, -0.1) is 0 Å². The van der Waals surface area contributed by atoms with Crippen LogP contribution in [-0.2, 0) is 6.42 Å². The number of aryl methyl sites for hydroxylation is 2. The summed E-state index contributed by atoms with van der Waals surface area (Å²) in [7, 11) is 0. The van der Waals surface area contributed by atoms with Crippen molar-refractivity contribution in [3.63, 3.8) is 0 Å². The molecular weight excluding hydrogens is 280 g/mol. The Kier molecular flexibility index (Phi) is 4.35. The molecule has 0 atom stereocenters. The predicted molar refractivity (Wildman–Crippen MR) is 91.7 cm³/mol. The largest absolute Gasteiger partial charge is 0.383 e. The zero-order valence-corrected chi connectivity index (χ0v) is 13.2.